The molecule has 11 atom stereocenters. The van der Waals surface area contributed by atoms with Gasteiger partial charge in [-0.3, -0.25) is 0 Å². The Balaban J connectivity index is 1.84. The monoisotopic (exact) mass is 426 g/mol. The van der Waals surface area contributed by atoms with Crippen LogP contribution in [0.5, 0.6) is 0 Å². The van der Waals surface area contributed by atoms with Crippen LogP contribution in [0.3, 0.4) is 0 Å². The number of aliphatic hydroxyl groups excluding tert-OH is 6. The van der Waals surface area contributed by atoms with Crippen molar-refractivity contribution >= 4 is 5.97 Å². The van der Waals surface area contributed by atoms with Gasteiger partial charge in [0.2, 0.25) is 0 Å². The molecule has 0 bridgehead atoms. The molecular weight excluding hydrogens is 400 g/mol. The zero-order chi connectivity index (χ0) is 21.3. The van der Waals surface area contributed by atoms with Gasteiger partial charge in [0, 0.05) is 0 Å². The van der Waals surface area contributed by atoms with E-state index in [0.29, 0.717) is 0 Å². The molecule has 3 fully saturated rings. The van der Waals surface area contributed by atoms with Gasteiger partial charge >= 0.3 is 5.97 Å². The number of hydrogen-bond acceptors (Lipinski definition) is 12. The van der Waals surface area contributed by atoms with Gasteiger partial charge in [0.05, 0.1) is 13.2 Å². The van der Waals surface area contributed by atoms with Crippen LogP contribution in [0.25, 0.3) is 0 Å². The summed E-state index contributed by atoms with van der Waals surface area (Å²) >= 11 is 0. The number of carbonyl (C=O) groups is 1. The molecule has 168 valence electrons. The van der Waals surface area contributed by atoms with Crippen LogP contribution in [-0.2, 0) is 28.5 Å². The van der Waals surface area contributed by atoms with Gasteiger partial charge in [-0.1, -0.05) is 0 Å². The van der Waals surface area contributed by atoms with Gasteiger partial charge in [-0.2, -0.15) is 0 Å². The number of carboxylic acids is 1. The first-order valence-electron chi connectivity index (χ1n) is 9.11. The average molecular weight is 426 g/mol. The van der Waals surface area contributed by atoms with Crippen molar-refractivity contribution in [1.29, 1.82) is 0 Å². The van der Waals surface area contributed by atoms with Gasteiger partial charge in [0.25, 0.3) is 0 Å². The molecule has 3 heterocycles. The van der Waals surface area contributed by atoms with E-state index < -0.39 is 92.9 Å². The summed E-state index contributed by atoms with van der Waals surface area (Å²) in [5.74, 6) is -1.28. The fraction of sp³-hybridized carbons (Fsp3) is 0.938. The van der Waals surface area contributed by atoms with Gasteiger partial charge < -0.3 is 59.4 Å². The number of carboxylic acid groups (broad SMARTS) is 1. The number of aliphatic hydroxyl groups is 6. The van der Waals surface area contributed by atoms with Crippen molar-refractivity contribution in [3.8, 4) is 0 Å². The van der Waals surface area contributed by atoms with Crippen LogP contribution in [0.2, 0.25) is 0 Å². The van der Waals surface area contributed by atoms with Crippen molar-refractivity contribution in [3.63, 3.8) is 0 Å². The SMILES string of the molecule is O=C(O)CO[C@H]1[C@@H](O)[C@@H](CO)O[C@@H]2[C@@H]1OCO[C@@H]2[C@H]1O[C@H](CO)[C@@H](O)[C@H](O)[C@@H]1O. The highest BCUT2D eigenvalue weighted by atomic mass is 16.7. The maximum absolute atomic E-state index is 10.9. The van der Waals surface area contributed by atoms with E-state index >= 15 is 0 Å². The van der Waals surface area contributed by atoms with Crippen LogP contribution >= 0.6 is 0 Å². The molecular formula is C16H26O13. The minimum absolute atomic E-state index is 0.354. The third-order valence-electron chi connectivity index (χ3n) is 5.37. The van der Waals surface area contributed by atoms with Crippen molar-refractivity contribution < 1.29 is 64.2 Å². The Labute approximate surface area is 164 Å². The minimum atomic E-state index is -1.64. The lowest BCUT2D eigenvalue weighted by atomic mass is 9.85. The maximum Gasteiger partial charge on any atom is 0.329 e. The molecule has 0 amide bonds. The highest BCUT2D eigenvalue weighted by Gasteiger charge is 2.57. The number of fused-ring (bicyclic) bond motifs is 1. The maximum atomic E-state index is 10.9. The topological polar surface area (TPSA) is 205 Å². The first-order chi connectivity index (χ1) is 13.8. The summed E-state index contributed by atoms with van der Waals surface area (Å²) in [6.45, 7) is -2.35. The van der Waals surface area contributed by atoms with Crippen molar-refractivity contribution in [1.82, 2.24) is 0 Å². The number of hydrogen-bond donors (Lipinski definition) is 7. The summed E-state index contributed by atoms with van der Waals surface area (Å²) < 4.78 is 27.4. The van der Waals surface area contributed by atoms with Crippen LogP contribution in [0, 0.1) is 0 Å². The molecule has 0 unspecified atom stereocenters. The quantitative estimate of drug-likeness (QED) is 0.213. The average Bonchev–Trinajstić information content (AvgIpc) is 2.70. The van der Waals surface area contributed by atoms with E-state index in [1.807, 2.05) is 0 Å². The predicted octanol–water partition coefficient (Wildman–Crippen LogP) is -4.84. The molecule has 3 aliphatic rings. The largest absolute Gasteiger partial charge is 0.480 e. The third kappa shape index (κ3) is 4.40. The lowest BCUT2D eigenvalue weighted by Gasteiger charge is -2.52. The van der Waals surface area contributed by atoms with Gasteiger partial charge in [-0.15, -0.1) is 0 Å². The number of aliphatic carboxylic acids is 1. The van der Waals surface area contributed by atoms with E-state index in [9.17, 15) is 35.4 Å². The molecule has 13 heteroatoms. The lowest BCUT2D eigenvalue weighted by molar-refractivity contribution is -0.352. The highest BCUT2D eigenvalue weighted by molar-refractivity contribution is 5.68. The third-order valence-corrected chi connectivity index (χ3v) is 5.37. The summed E-state index contributed by atoms with van der Waals surface area (Å²) in [6, 6.07) is 0. The van der Waals surface area contributed by atoms with Gasteiger partial charge in [0.15, 0.2) is 0 Å². The summed E-state index contributed by atoms with van der Waals surface area (Å²) in [5.41, 5.74) is 0. The summed E-state index contributed by atoms with van der Waals surface area (Å²) in [4.78, 5) is 10.9. The van der Waals surface area contributed by atoms with Gasteiger partial charge in [0.1, 0.15) is 80.5 Å². The Morgan fingerprint density at radius 3 is 2.00 bits per heavy atom. The standard InChI is InChI=1S/C16H26O13/c17-1-5-8(21)10(23)11(24)13(28-5)15-16-14(26-4-27-15)12(25-3-7(19)20)9(22)6(2-18)29-16/h5-6,8-18,21-24H,1-4H2,(H,19,20)/t5-,6-,8-,9+,10+,11+,12+,13+,14-,15-,16-/m1/s1. The van der Waals surface area contributed by atoms with Gasteiger partial charge in [-0.25, -0.2) is 4.79 Å². The van der Waals surface area contributed by atoms with Crippen molar-refractivity contribution in [2.24, 2.45) is 0 Å². The van der Waals surface area contributed by atoms with E-state index in [-0.39, 0.29) is 6.79 Å². The fourth-order valence-electron chi connectivity index (χ4n) is 3.89. The molecule has 29 heavy (non-hydrogen) atoms. The Morgan fingerprint density at radius 2 is 1.38 bits per heavy atom. The van der Waals surface area contributed by atoms with Crippen LogP contribution in [-0.4, -0.2) is 135 Å². The van der Waals surface area contributed by atoms with E-state index in [1.54, 1.807) is 0 Å². The number of rotatable bonds is 6. The highest BCUT2D eigenvalue weighted by Crippen LogP contribution is 2.36. The Bertz CT molecular complexity index is 559. The second kappa shape index (κ2) is 9.45. The molecule has 3 rings (SSSR count). The van der Waals surface area contributed by atoms with E-state index in [2.05, 4.69) is 0 Å². The molecule has 3 saturated heterocycles. The Hall–Kier alpha value is -0.970. The first kappa shape index (κ1) is 22.7. The fourth-order valence-corrected chi connectivity index (χ4v) is 3.89. The predicted molar refractivity (Wildman–Crippen MR) is 87.5 cm³/mol. The van der Waals surface area contributed by atoms with Crippen LogP contribution in [0.1, 0.15) is 0 Å². The second-order valence-corrected chi connectivity index (χ2v) is 7.16. The molecule has 13 nitrogen and oxygen atoms in total. The first-order valence-corrected chi connectivity index (χ1v) is 9.11. The van der Waals surface area contributed by atoms with Gasteiger partial charge in [-0.05, 0) is 0 Å². The Morgan fingerprint density at radius 1 is 0.793 bits per heavy atom. The molecule has 0 aromatic heterocycles. The zero-order valence-corrected chi connectivity index (χ0v) is 15.3. The second-order valence-electron chi connectivity index (χ2n) is 7.16. The van der Waals surface area contributed by atoms with Crippen molar-refractivity contribution in [2.45, 2.75) is 67.1 Å². The number of ether oxygens (including phenoxy) is 5. The van der Waals surface area contributed by atoms with E-state index in [1.165, 1.54) is 0 Å². The van der Waals surface area contributed by atoms with E-state index in [4.69, 9.17) is 28.8 Å². The van der Waals surface area contributed by atoms with Crippen LogP contribution in [0.4, 0.5) is 0 Å². The smallest absolute Gasteiger partial charge is 0.329 e. The van der Waals surface area contributed by atoms with E-state index in [0.717, 1.165) is 0 Å². The lowest BCUT2D eigenvalue weighted by Crippen LogP contribution is -2.71. The molecule has 0 aromatic rings. The molecule has 3 aliphatic heterocycles. The molecule has 0 radical (unpaired) electrons. The molecule has 0 aromatic carbocycles. The zero-order valence-electron chi connectivity index (χ0n) is 15.3. The molecule has 0 spiro atoms. The van der Waals surface area contributed by atoms with Crippen LogP contribution < -0.4 is 0 Å². The van der Waals surface area contributed by atoms with Crippen LogP contribution in [0.15, 0.2) is 0 Å². The molecule has 0 saturated carbocycles. The Kier molecular flexibility index (Phi) is 7.40. The minimum Gasteiger partial charge on any atom is -0.480 e. The summed E-state index contributed by atoms with van der Waals surface area (Å²) in [5, 5.41) is 68.5. The van der Waals surface area contributed by atoms with Crippen molar-refractivity contribution in [2.75, 3.05) is 26.6 Å². The summed E-state index contributed by atoms with van der Waals surface area (Å²) in [7, 11) is 0. The summed E-state index contributed by atoms with van der Waals surface area (Å²) in [6.07, 6.45) is -14.3. The molecule has 0 aliphatic carbocycles. The van der Waals surface area contributed by atoms with Crippen molar-refractivity contribution in [3.05, 3.63) is 0 Å². The normalized spacial score (nSPS) is 48.1. The molecule has 7 N–H and O–H groups in total.